The summed E-state index contributed by atoms with van der Waals surface area (Å²) in [4.78, 5) is 0. The van der Waals surface area contributed by atoms with Crippen LogP contribution in [-0.4, -0.2) is 32.4 Å². The van der Waals surface area contributed by atoms with Crippen molar-refractivity contribution in [3.8, 4) is 5.75 Å². The summed E-state index contributed by atoms with van der Waals surface area (Å²) in [5, 5.41) is 3.50. The van der Waals surface area contributed by atoms with Crippen LogP contribution in [0.4, 0.5) is 0 Å². The van der Waals surface area contributed by atoms with Crippen LogP contribution in [-0.2, 0) is 4.74 Å². The van der Waals surface area contributed by atoms with Gasteiger partial charge in [0.1, 0.15) is 12.4 Å². The fourth-order valence-corrected chi connectivity index (χ4v) is 4.13. The lowest BCUT2D eigenvalue weighted by atomic mass is 9.55. The minimum atomic E-state index is 0.403. The summed E-state index contributed by atoms with van der Waals surface area (Å²) in [5.41, 5.74) is 0.403. The molecule has 21 heavy (non-hydrogen) atoms. The van der Waals surface area contributed by atoms with Crippen LogP contribution in [0.2, 0.25) is 0 Å². The highest BCUT2D eigenvalue weighted by Crippen LogP contribution is 2.53. The molecule has 2 unspecified atom stereocenters. The first kappa shape index (κ1) is 14.9. The van der Waals surface area contributed by atoms with Crippen LogP contribution < -0.4 is 10.1 Å². The molecule has 3 heteroatoms. The predicted octanol–water partition coefficient (Wildman–Crippen LogP) is 3.39. The van der Waals surface area contributed by atoms with Crippen LogP contribution in [0.1, 0.15) is 38.5 Å². The molecule has 1 spiro atoms. The molecule has 2 saturated carbocycles. The molecule has 3 rings (SSSR count). The summed E-state index contributed by atoms with van der Waals surface area (Å²) in [6.45, 7) is 1.33. The third-order valence-corrected chi connectivity index (χ3v) is 5.33. The molecule has 2 aliphatic rings. The normalized spacial score (nSPS) is 27.3. The van der Waals surface area contributed by atoms with Crippen molar-refractivity contribution < 1.29 is 9.47 Å². The SMILES string of the molecule is CNC1CC(OCCOc2ccccc2)C12CCCCC2. The second-order valence-corrected chi connectivity index (χ2v) is 6.39. The number of para-hydroxylation sites is 1. The van der Waals surface area contributed by atoms with Gasteiger partial charge in [-0.05, 0) is 38.4 Å². The van der Waals surface area contributed by atoms with Gasteiger partial charge in [-0.3, -0.25) is 0 Å². The molecule has 2 aliphatic carbocycles. The lowest BCUT2D eigenvalue weighted by Gasteiger charge is -2.57. The smallest absolute Gasteiger partial charge is 0.119 e. The molecule has 0 bridgehead atoms. The van der Waals surface area contributed by atoms with E-state index in [9.17, 15) is 0 Å². The van der Waals surface area contributed by atoms with Crippen LogP contribution >= 0.6 is 0 Å². The summed E-state index contributed by atoms with van der Waals surface area (Å²) in [5.74, 6) is 0.926. The first-order valence-corrected chi connectivity index (χ1v) is 8.32. The van der Waals surface area contributed by atoms with E-state index < -0.39 is 0 Å². The van der Waals surface area contributed by atoms with Gasteiger partial charge in [-0.15, -0.1) is 0 Å². The van der Waals surface area contributed by atoms with Gasteiger partial charge in [-0.25, -0.2) is 0 Å². The van der Waals surface area contributed by atoms with Crippen LogP contribution in [0, 0.1) is 5.41 Å². The van der Waals surface area contributed by atoms with E-state index >= 15 is 0 Å². The predicted molar refractivity (Wildman–Crippen MR) is 84.7 cm³/mol. The first-order valence-electron chi connectivity index (χ1n) is 8.32. The van der Waals surface area contributed by atoms with Crippen molar-refractivity contribution in [3.05, 3.63) is 30.3 Å². The van der Waals surface area contributed by atoms with Gasteiger partial charge in [0.15, 0.2) is 0 Å². The Balaban J connectivity index is 1.45. The Hall–Kier alpha value is -1.06. The lowest BCUT2D eigenvalue weighted by Crippen LogP contribution is -2.63. The summed E-state index contributed by atoms with van der Waals surface area (Å²) < 4.78 is 11.9. The van der Waals surface area contributed by atoms with Crippen molar-refractivity contribution in [2.24, 2.45) is 5.41 Å². The molecule has 0 saturated heterocycles. The van der Waals surface area contributed by atoms with E-state index in [2.05, 4.69) is 12.4 Å². The third kappa shape index (κ3) is 3.09. The Morgan fingerprint density at radius 1 is 1.10 bits per heavy atom. The van der Waals surface area contributed by atoms with E-state index in [-0.39, 0.29) is 0 Å². The Bertz CT molecular complexity index is 428. The highest BCUT2D eigenvalue weighted by atomic mass is 16.5. The second-order valence-electron chi connectivity index (χ2n) is 6.39. The van der Waals surface area contributed by atoms with Gasteiger partial charge in [0, 0.05) is 11.5 Å². The quantitative estimate of drug-likeness (QED) is 0.814. The average molecular weight is 289 g/mol. The monoisotopic (exact) mass is 289 g/mol. The summed E-state index contributed by atoms with van der Waals surface area (Å²) in [6, 6.07) is 10.6. The highest BCUT2D eigenvalue weighted by Gasteiger charge is 2.54. The van der Waals surface area contributed by atoms with Gasteiger partial charge in [0.25, 0.3) is 0 Å². The van der Waals surface area contributed by atoms with Gasteiger partial charge in [-0.2, -0.15) is 0 Å². The first-order chi connectivity index (χ1) is 10.3. The molecule has 1 aromatic rings. The maximum absolute atomic E-state index is 6.16. The molecule has 0 aliphatic heterocycles. The fraction of sp³-hybridized carbons (Fsp3) is 0.667. The van der Waals surface area contributed by atoms with Gasteiger partial charge >= 0.3 is 0 Å². The Morgan fingerprint density at radius 3 is 2.57 bits per heavy atom. The molecule has 0 aromatic heterocycles. The van der Waals surface area contributed by atoms with Gasteiger partial charge in [-0.1, -0.05) is 37.5 Å². The standard InChI is InChI=1S/C18H27NO2/c1-19-16-14-17(18(16)10-6-3-7-11-18)21-13-12-20-15-8-4-2-5-9-15/h2,4-5,8-9,16-17,19H,3,6-7,10-14H2,1H3. The maximum Gasteiger partial charge on any atom is 0.119 e. The number of hydrogen-bond acceptors (Lipinski definition) is 3. The van der Waals surface area contributed by atoms with E-state index in [1.165, 1.54) is 32.1 Å². The van der Waals surface area contributed by atoms with E-state index in [0.717, 1.165) is 12.2 Å². The summed E-state index contributed by atoms with van der Waals surface area (Å²) in [6.07, 6.45) is 8.33. The number of nitrogens with one attached hydrogen (secondary N) is 1. The van der Waals surface area contributed by atoms with E-state index in [4.69, 9.17) is 9.47 Å². The van der Waals surface area contributed by atoms with Crippen molar-refractivity contribution in [1.82, 2.24) is 5.32 Å². The van der Waals surface area contributed by atoms with Gasteiger partial charge in [0.2, 0.25) is 0 Å². The lowest BCUT2D eigenvalue weighted by molar-refractivity contribution is -0.154. The number of benzene rings is 1. The van der Waals surface area contributed by atoms with E-state index in [0.29, 0.717) is 30.8 Å². The Kier molecular flexibility index (Phi) is 4.81. The molecule has 2 atom stereocenters. The molecule has 116 valence electrons. The Morgan fingerprint density at radius 2 is 1.86 bits per heavy atom. The van der Waals surface area contributed by atoms with Crippen molar-refractivity contribution in [2.75, 3.05) is 20.3 Å². The van der Waals surface area contributed by atoms with Crippen molar-refractivity contribution in [2.45, 2.75) is 50.7 Å². The zero-order valence-corrected chi connectivity index (χ0v) is 13.0. The molecular formula is C18H27NO2. The molecule has 1 N–H and O–H groups in total. The van der Waals surface area contributed by atoms with Crippen LogP contribution in [0.5, 0.6) is 5.75 Å². The van der Waals surface area contributed by atoms with Crippen molar-refractivity contribution in [3.63, 3.8) is 0 Å². The van der Waals surface area contributed by atoms with E-state index in [1.807, 2.05) is 30.3 Å². The molecular weight excluding hydrogens is 262 g/mol. The minimum Gasteiger partial charge on any atom is -0.491 e. The van der Waals surface area contributed by atoms with Crippen LogP contribution in [0.25, 0.3) is 0 Å². The molecule has 2 fully saturated rings. The number of rotatable bonds is 6. The average Bonchev–Trinajstić information content (AvgIpc) is 2.55. The number of hydrogen-bond donors (Lipinski definition) is 1. The summed E-state index contributed by atoms with van der Waals surface area (Å²) in [7, 11) is 2.09. The third-order valence-electron chi connectivity index (χ3n) is 5.33. The molecule has 0 heterocycles. The van der Waals surface area contributed by atoms with Crippen molar-refractivity contribution >= 4 is 0 Å². The van der Waals surface area contributed by atoms with Gasteiger partial charge in [0.05, 0.1) is 12.7 Å². The zero-order chi connectivity index (χ0) is 14.5. The van der Waals surface area contributed by atoms with Crippen LogP contribution in [0.3, 0.4) is 0 Å². The van der Waals surface area contributed by atoms with E-state index in [1.54, 1.807) is 0 Å². The minimum absolute atomic E-state index is 0.403. The Labute approximate surface area is 128 Å². The topological polar surface area (TPSA) is 30.5 Å². The molecule has 0 radical (unpaired) electrons. The number of ether oxygens (including phenoxy) is 2. The fourth-order valence-electron chi connectivity index (χ4n) is 4.13. The maximum atomic E-state index is 6.16. The summed E-state index contributed by atoms with van der Waals surface area (Å²) >= 11 is 0. The molecule has 1 aromatic carbocycles. The van der Waals surface area contributed by atoms with Crippen LogP contribution in [0.15, 0.2) is 30.3 Å². The van der Waals surface area contributed by atoms with Crippen molar-refractivity contribution in [1.29, 1.82) is 0 Å². The van der Waals surface area contributed by atoms with Gasteiger partial charge < -0.3 is 14.8 Å². The largest absolute Gasteiger partial charge is 0.491 e. The molecule has 3 nitrogen and oxygen atoms in total. The highest BCUT2D eigenvalue weighted by molar-refractivity contribution is 5.20. The second kappa shape index (κ2) is 6.80. The molecule has 0 amide bonds. The zero-order valence-electron chi connectivity index (χ0n) is 13.0.